The zero-order valence-electron chi connectivity index (χ0n) is 4.42. The second-order valence-electron chi connectivity index (χ2n) is 0. The Hall–Kier alpha value is 3.81. The van der Waals surface area contributed by atoms with Crippen LogP contribution in [0.1, 0.15) is 2.85 Å². The number of rotatable bonds is 0. The van der Waals surface area contributed by atoms with Crippen molar-refractivity contribution < 1.29 is 25.2 Å². The first-order valence-corrected chi connectivity index (χ1v) is 0. The molecule has 3 radical (unpaired) electrons. The quantitative estimate of drug-likeness (QED) is 0.289. The maximum absolute atomic E-state index is 0. The van der Waals surface area contributed by atoms with Gasteiger partial charge in [-0.15, -0.1) is 0 Å². The average molecular weight is 571 g/mol. The number of hydrogen-bond donors (Lipinski definition) is 0. The SMILES string of the molecule is [Ag].[BiH3].[Ca+2].[H-].[H-].[PbH2]. The van der Waals surface area contributed by atoms with Gasteiger partial charge >= 0.3 is 91.2 Å². The normalized spacial score (nSPS) is 0. The average Bonchev–Trinajstić information content (AvgIpc) is 0. The van der Waals surface area contributed by atoms with Gasteiger partial charge in [0.2, 0.25) is 0 Å². The summed E-state index contributed by atoms with van der Waals surface area (Å²) in [6.07, 6.45) is 0. The Morgan fingerprint density at radius 2 is 1.25 bits per heavy atom. The second kappa shape index (κ2) is 15.8. The van der Waals surface area contributed by atoms with E-state index in [1.807, 2.05) is 0 Å². The van der Waals surface area contributed by atoms with E-state index in [9.17, 15) is 0 Å². The molecule has 0 aromatic carbocycles. The Bertz CT molecular complexity index is 13.5. The molecule has 4 heteroatoms. The Kier molecular flexibility index (Phi) is 98.8. The molecule has 0 N–H and O–H groups in total. The summed E-state index contributed by atoms with van der Waals surface area (Å²) in [4.78, 5) is 0. The molecule has 29 valence electrons. The van der Waals surface area contributed by atoms with Crippen LogP contribution in [0, 0.1) is 0 Å². The van der Waals surface area contributed by atoms with E-state index in [2.05, 4.69) is 0 Å². The first-order valence-electron chi connectivity index (χ1n) is 0. The fraction of sp³-hybridized carbons (Fsp3) is 0. The van der Waals surface area contributed by atoms with Crippen LogP contribution >= 0.6 is 0 Å². The minimum atomic E-state index is 0. The first kappa shape index (κ1) is 25.0. The molecule has 0 rings (SSSR count). The van der Waals surface area contributed by atoms with Gasteiger partial charge in [-0.3, -0.25) is 0 Å². The first-order chi connectivity index (χ1) is 0. The van der Waals surface area contributed by atoms with E-state index in [1.165, 1.54) is 0 Å². The Balaban J connectivity index is 0. The molecular weight excluding hydrogens is 564 g/mol. The van der Waals surface area contributed by atoms with Crippen molar-refractivity contribution in [3.05, 3.63) is 0 Å². The molecule has 0 saturated carbocycles. The van der Waals surface area contributed by atoms with Crippen molar-refractivity contribution in [2.24, 2.45) is 0 Å². The van der Waals surface area contributed by atoms with Crippen molar-refractivity contribution in [2.45, 2.75) is 0 Å². The van der Waals surface area contributed by atoms with Crippen molar-refractivity contribution in [1.82, 2.24) is 0 Å². The van der Waals surface area contributed by atoms with E-state index in [1.54, 1.807) is 0 Å². The van der Waals surface area contributed by atoms with Gasteiger partial charge in [0.1, 0.15) is 0 Å². The van der Waals surface area contributed by atoms with Gasteiger partial charge in [0.05, 0.1) is 0 Å². The zero-order chi connectivity index (χ0) is 0. The molecule has 0 heterocycles. The summed E-state index contributed by atoms with van der Waals surface area (Å²) in [5.41, 5.74) is 0. The van der Waals surface area contributed by atoms with Crippen LogP contribution < -0.4 is 0 Å². The van der Waals surface area contributed by atoms with E-state index < -0.39 is 0 Å². The second-order valence-corrected chi connectivity index (χ2v) is 0. The van der Waals surface area contributed by atoms with Crippen LogP contribution in [0.25, 0.3) is 0 Å². The van der Waals surface area contributed by atoms with Crippen molar-refractivity contribution in [1.29, 1.82) is 0 Å². The molecule has 0 aromatic rings. The fourth-order valence-electron chi connectivity index (χ4n) is 0. The minimum absolute atomic E-state index is 0. The maximum atomic E-state index is 0. The van der Waals surface area contributed by atoms with Crippen LogP contribution in [0.15, 0.2) is 0 Å². The standard InChI is InChI=1S/Ag.Bi.Ca.Pb.7H/q;;+2;;;;;;;2*-1. The monoisotopic (exact) mass is 571 g/mol. The van der Waals surface area contributed by atoms with E-state index in [-0.39, 0.29) is 116 Å². The van der Waals surface area contributed by atoms with Gasteiger partial charge in [0, 0.05) is 22.4 Å². The molecular formula is H7AgBiCaPb. The molecule has 0 bridgehead atoms. The van der Waals surface area contributed by atoms with Crippen molar-refractivity contribution in [3.8, 4) is 0 Å². The van der Waals surface area contributed by atoms with Gasteiger partial charge in [-0.2, -0.15) is 0 Å². The predicted octanol–water partition coefficient (Wildman–Crippen LogP) is -2.26. The van der Waals surface area contributed by atoms with Gasteiger partial charge in [0.15, 0.2) is 0 Å². The molecule has 0 atom stereocenters. The predicted molar refractivity (Wildman–Crippen MR) is 26.5 cm³/mol. The molecule has 0 aliphatic carbocycles. The number of hydrogen-bond acceptors (Lipinski definition) is 0. The van der Waals surface area contributed by atoms with E-state index in [0.717, 1.165) is 0 Å². The Morgan fingerprint density at radius 1 is 1.25 bits per heavy atom. The van der Waals surface area contributed by atoms with Crippen molar-refractivity contribution in [3.63, 3.8) is 0 Å². The molecule has 0 aliphatic rings. The van der Waals surface area contributed by atoms with Crippen LogP contribution in [-0.2, 0) is 22.4 Å². The van der Waals surface area contributed by atoms with Crippen LogP contribution in [0.5, 0.6) is 0 Å². The van der Waals surface area contributed by atoms with Crippen molar-refractivity contribution in [2.75, 3.05) is 0 Å². The van der Waals surface area contributed by atoms with E-state index in [4.69, 9.17) is 0 Å². The molecule has 0 nitrogen and oxygen atoms in total. The van der Waals surface area contributed by atoms with Gasteiger partial charge in [0.25, 0.3) is 0 Å². The summed E-state index contributed by atoms with van der Waals surface area (Å²) < 4.78 is 0. The third kappa shape index (κ3) is 9.26. The van der Waals surface area contributed by atoms with Crippen molar-refractivity contribution >= 4 is 91.2 Å². The van der Waals surface area contributed by atoms with Crippen LogP contribution in [-0.4, -0.2) is 91.2 Å². The molecule has 0 spiro atoms. The van der Waals surface area contributed by atoms with E-state index in [0.29, 0.717) is 0 Å². The molecule has 0 aliphatic heterocycles. The Morgan fingerprint density at radius 3 is 1.25 bits per heavy atom. The summed E-state index contributed by atoms with van der Waals surface area (Å²) in [6, 6.07) is 0. The van der Waals surface area contributed by atoms with Gasteiger partial charge in [-0.25, -0.2) is 0 Å². The summed E-state index contributed by atoms with van der Waals surface area (Å²) in [7, 11) is 0. The van der Waals surface area contributed by atoms with Crippen LogP contribution in [0.2, 0.25) is 0 Å². The summed E-state index contributed by atoms with van der Waals surface area (Å²) in [6.45, 7) is 0. The molecule has 0 fully saturated rings. The molecule has 0 amide bonds. The van der Waals surface area contributed by atoms with Gasteiger partial charge in [-0.1, -0.05) is 0 Å². The summed E-state index contributed by atoms with van der Waals surface area (Å²) in [5, 5.41) is 0. The topological polar surface area (TPSA) is 0 Å². The van der Waals surface area contributed by atoms with Gasteiger partial charge in [-0.05, 0) is 0 Å². The van der Waals surface area contributed by atoms with Crippen LogP contribution in [0.4, 0.5) is 0 Å². The summed E-state index contributed by atoms with van der Waals surface area (Å²) in [5.74, 6) is 0. The third-order valence-electron chi connectivity index (χ3n) is 0. The molecule has 0 saturated heterocycles. The molecule has 4 heavy (non-hydrogen) atoms. The van der Waals surface area contributed by atoms with Crippen LogP contribution in [0.3, 0.4) is 0 Å². The van der Waals surface area contributed by atoms with E-state index >= 15 is 0 Å². The molecule has 0 unspecified atom stereocenters. The zero-order valence-corrected chi connectivity index (χ0v) is 17.1. The van der Waals surface area contributed by atoms with Gasteiger partial charge < -0.3 is 2.85 Å². The fourth-order valence-corrected chi connectivity index (χ4v) is 0. The Labute approximate surface area is 114 Å². The third-order valence-corrected chi connectivity index (χ3v) is 0. The summed E-state index contributed by atoms with van der Waals surface area (Å²) >= 11 is 0. The molecule has 0 aromatic heterocycles.